The molecule has 1 unspecified atom stereocenters. The van der Waals surface area contributed by atoms with Gasteiger partial charge in [-0.2, -0.15) is 30.4 Å². The van der Waals surface area contributed by atoms with Gasteiger partial charge in [0.25, 0.3) is 6.10 Å². The largest absolute Gasteiger partial charge is 0.441 e. The highest BCUT2D eigenvalue weighted by Crippen LogP contribution is 2.38. The van der Waals surface area contributed by atoms with Crippen LogP contribution in [0.15, 0.2) is 124 Å². The normalized spacial score (nSPS) is 12.8. The minimum Gasteiger partial charge on any atom is -0.441 e. The molecule has 14 heteroatoms. The summed E-state index contributed by atoms with van der Waals surface area (Å²) in [5, 5.41) is -5.88. The van der Waals surface area contributed by atoms with Crippen molar-refractivity contribution in [3.63, 3.8) is 0 Å². The van der Waals surface area contributed by atoms with Crippen LogP contribution in [0.1, 0.15) is 12.8 Å². The Morgan fingerprint density at radius 2 is 1.16 bits per heavy atom. The number of alkyl halides is 5. The van der Waals surface area contributed by atoms with Crippen LogP contribution in [0.4, 0.5) is 22.0 Å². The third-order valence-electron chi connectivity index (χ3n) is 5.71. The van der Waals surface area contributed by atoms with Gasteiger partial charge in [-0.1, -0.05) is 49.6 Å². The first kappa shape index (κ1) is 33.5. The van der Waals surface area contributed by atoms with E-state index in [-0.39, 0.29) is 17.7 Å². The standard InChI is InChI=1S/C29H23F5O7S2/c1-19(13-14-20(2)26(36)41-27(28(30,31)32)29(33,34)43(37,38)39)25(35)40-21-15-17-24(18-16-21)42(22-9-5-3-6-10-22)23-11-7-4-8-12-23/h3-12,15-18,27H,1-2,13-14H2/p+1. The van der Waals surface area contributed by atoms with E-state index in [1.54, 1.807) is 24.3 Å². The SMILES string of the molecule is C=C(CCC(=C)C(=O)OC(C(F)(F)F)C(F)(F)S(=O)(=O)O)C(=O)Oc1ccc([S+](c2ccccc2)c2ccccc2)cc1. The second-order valence-corrected chi connectivity index (χ2v) is 12.4. The van der Waals surface area contributed by atoms with Gasteiger partial charge >= 0.3 is 33.5 Å². The smallest absolute Gasteiger partial charge is 0.432 e. The molecule has 0 amide bonds. The Morgan fingerprint density at radius 1 is 0.744 bits per heavy atom. The molecule has 0 heterocycles. The summed E-state index contributed by atoms with van der Waals surface area (Å²) >= 11 is 0. The lowest BCUT2D eigenvalue weighted by molar-refractivity contribution is -0.257. The van der Waals surface area contributed by atoms with Crippen LogP contribution < -0.4 is 4.74 Å². The van der Waals surface area contributed by atoms with Crippen LogP contribution in [0.5, 0.6) is 5.75 Å². The van der Waals surface area contributed by atoms with Gasteiger partial charge in [-0.15, -0.1) is 0 Å². The molecule has 7 nitrogen and oxygen atoms in total. The van der Waals surface area contributed by atoms with E-state index in [0.29, 0.717) is 0 Å². The maximum atomic E-state index is 13.6. The van der Waals surface area contributed by atoms with E-state index in [2.05, 4.69) is 17.9 Å². The number of hydrogen-bond acceptors (Lipinski definition) is 6. The van der Waals surface area contributed by atoms with Gasteiger partial charge in [-0.25, -0.2) is 9.59 Å². The second kappa shape index (κ2) is 13.5. The maximum absolute atomic E-state index is 13.6. The van der Waals surface area contributed by atoms with Crippen molar-refractivity contribution < 1.29 is 54.0 Å². The summed E-state index contributed by atoms with van der Waals surface area (Å²) in [6.45, 7) is 6.63. The molecule has 3 aromatic carbocycles. The summed E-state index contributed by atoms with van der Waals surface area (Å²) < 4.78 is 105. The van der Waals surface area contributed by atoms with Crippen LogP contribution in [-0.2, 0) is 35.3 Å². The molecule has 0 saturated heterocycles. The fourth-order valence-corrected chi connectivity index (χ4v) is 6.04. The van der Waals surface area contributed by atoms with Crippen molar-refractivity contribution in [3.8, 4) is 5.75 Å². The monoisotopic (exact) mass is 643 g/mol. The molecule has 0 saturated carbocycles. The number of ether oxygens (including phenoxy) is 2. The molecular weight excluding hydrogens is 619 g/mol. The molecule has 1 N–H and O–H groups in total. The Balaban J connectivity index is 1.62. The molecule has 0 aliphatic rings. The van der Waals surface area contributed by atoms with Crippen LogP contribution in [0.3, 0.4) is 0 Å². The first-order valence-electron chi connectivity index (χ1n) is 12.2. The van der Waals surface area contributed by atoms with Gasteiger partial charge in [-0.3, -0.25) is 4.55 Å². The summed E-state index contributed by atoms with van der Waals surface area (Å²) in [5.41, 5.74) is -1.03. The molecular formula is C29H24F5O7S2+. The Hall–Kier alpha value is -4.01. The first-order valence-corrected chi connectivity index (χ1v) is 14.8. The lowest BCUT2D eigenvalue weighted by Crippen LogP contribution is -2.52. The number of benzene rings is 3. The van der Waals surface area contributed by atoms with Crippen molar-refractivity contribution in [1.82, 2.24) is 0 Å². The van der Waals surface area contributed by atoms with Gasteiger partial charge in [0.05, 0.1) is 10.9 Å². The van der Waals surface area contributed by atoms with E-state index in [1.165, 1.54) is 0 Å². The van der Waals surface area contributed by atoms with E-state index in [0.717, 1.165) is 14.7 Å². The van der Waals surface area contributed by atoms with E-state index in [9.17, 15) is 40.0 Å². The third-order valence-corrected chi connectivity index (χ3v) is 8.84. The summed E-state index contributed by atoms with van der Waals surface area (Å²) in [7, 11) is -7.05. The molecule has 43 heavy (non-hydrogen) atoms. The fourth-order valence-electron chi connectivity index (χ4n) is 3.50. The van der Waals surface area contributed by atoms with Gasteiger partial charge in [0.15, 0.2) is 14.7 Å². The Labute approximate surface area is 246 Å². The molecule has 0 aliphatic heterocycles. The summed E-state index contributed by atoms with van der Waals surface area (Å²) in [5.74, 6) is -2.81. The average molecular weight is 644 g/mol. The number of carbonyl (C=O) groups excluding carboxylic acids is 2. The van der Waals surface area contributed by atoms with Crippen LogP contribution in [0.2, 0.25) is 0 Å². The van der Waals surface area contributed by atoms with E-state index in [1.807, 2.05) is 60.7 Å². The minimum atomic E-state index is -6.59. The van der Waals surface area contributed by atoms with Gasteiger partial charge in [0, 0.05) is 11.1 Å². The highest BCUT2D eigenvalue weighted by atomic mass is 32.2. The van der Waals surface area contributed by atoms with E-state index in [4.69, 9.17) is 9.29 Å². The van der Waals surface area contributed by atoms with Gasteiger partial charge in [-0.05, 0) is 61.4 Å². The van der Waals surface area contributed by atoms with Crippen molar-refractivity contribution in [2.75, 3.05) is 0 Å². The molecule has 0 bridgehead atoms. The van der Waals surface area contributed by atoms with Crippen molar-refractivity contribution >= 4 is 33.0 Å². The maximum Gasteiger partial charge on any atom is 0.432 e. The molecule has 0 radical (unpaired) electrons. The highest BCUT2D eigenvalue weighted by molar-refractivity contribution is 7.97. The molecule has 3 aromatic rings. The number of hydrogen-bond donors (Lipinski definition) is 1. The fraction of sp³-hybridized carbons (Fsp3) is 0.172. The minimum absolute atomic E-state index is 0.151. The molecule has 0 spiro atoms. The molecule has 3 rings (SSSR count). The first-order chi connectivity index (χ1) is 20.0. The lowest BCUT2D eigenvalue weighted by Gasteiger charge is -2.26. The van der Waals surface area contributed by atoms with Gasteiger partial charge in [0.1, 0.15) is 5.75 Å². The van der Waals surface area contributed by atoms with Crippen molar-refractivity contribution in [1.29, 1.82) is 0 Å². The Morgan fingerprint density at radius 3 is 1.58 bits per heavy atom. The van der Waals surface area contributed by atoms with Crippen LogP contribution in [-0.4, -0.2) is 42.4 Å². The predicted octanol–water partition coefficient (Wildman–Crippen LogP) is 6.53. The second-order valence-electron chi connectivity index (χ2n) is 8.86. The van der Waals surface area contributed by atoms with Crippen LogP contribution in [0, 0.1) is 0 Å². The van der Waals surface area contributed by atoms with Gasteiger partial charge < -0.3 is 9.47 Å². The molecule has 0 fully saturated rings. The quantitative estimate of drug-likeness (QED) is 0.0597. The highest BCUT2D eigenvalue weighted by Gasteiger charge is 2.66. The van der Waals surface area contributed by atoms with E-state index < -0.39 is 62.5 Å². The number of carbonyl (C=O) groups is 2. The lowest BCUT2D eigenvalue weighted by atomic mass is 10.1. The zero-order chi connectivity index (χ0) is 32.0. The summed E-state index contributed by atoms with van der Waals surface area (Å²) in [4.78, 5) is 27.5. The number of rotatable bonds is 12. The molecule has 0 aliphatic carbocycles. The molecule has 228 valence electrons. The molecule has 0 aromatic heterocycles. The molecule has 1 atom stereocenters. The number of esters is 2. The van der Waals surface area contributed by atoms with Crippen molar-refractivity contribution in [2.24, 2.45) is 0 Å². The van der Waals surface area contributed by atoms with Crippen LogP contribution >= 0.6 is 0 Å². The Bertz CT molecular complexity index is 1540. The number of halogens is 5. The third kappa shape index (κ3) is 8.52. The topological polar surface area (TPSA) is 107 Å². The zero-order valence-corrected chi connectivity index (χ0v) is 23.7. The predicted molar refractivity (Wildman–Crippen MR) is 147 cm³/mol. The average Bonchev–Trinajstić information content (AvgIpc) is 2.95. The van der Waals surface area contributed by atoms with Gasteiger partial charge in [0.2, 0.25) is 0 Å². The zero-order valence-electron chi connectivity index (χ0n) is 22.1. The summed E-state index contributed by atoms with van der Waals surface area (Å²) in [6, 6.07) is 26.2. The van der Waals surface area contributed by atoms with Crippen LogP contribution in [0.25, 0.3) is 0 Å². The summed E-state index contributed by atoms with van der Waals surface area (Å²) in [6.07, 6.45) is -11.5. The van der Waals surface area contributed by atoms with Crippen molar-refractivity contribution in [2.45, 2.75) is 45.1 Å². The van der Waals surface area contributed by atoms with Crippen molar-refractivity contribution in [3.05, 3.63) is 109 Å². The Kier molecular flexibility index (Phi) is 10.5. The van der Waals surface area contributed by atoms with E-state index >= 15 is 0 Å².